The minimum absolute atomic E-state index is 0.0847. The lowest BCUT2D eigenvalue weighted by molar-refractivity contribution is -0.154. The summed E-state index contributed by atoms with van der Waals surface area (Å²) in [5.41, 5.74) is 5.34. The van der Waals surface area contributed by atoms with Crippen LogP contribution < -0.4 is 5.73 Å². The molecule has 0 spiro atoms. The molecule has 0 aliphatic heterocycles. The fourth-order valence-electron chi connectivity index (χ4n) is 4.43. The summed E-state index contributed by atoms with van der Waals surface area (Å²) < 4.78 is 33.2. The van der Waals surface area contributed by atoms with E-state index in [-0.39, 0.29) is 38.8 Å². The number of hydrogen-bond acceptors (Lipinski definition) is 7. The molecule has 0 heterocycles. The first-order valence-electron chi connectivity index (χ1n) is 18.4. The van der Waals surface area contributed by atoms with Gasteiger partial charge in [0.1, 0.15) is 6.10 Å². The first kappa shape index (κ1) is 45.9. The number of rotatable bonds is 34. The van der Waals surface area contributed by atoms with Crippen molar-refractivity contribution in [3.8, 4) is 0 Å². The molecule has 9 heteroatoms. The van der Waals surface area contributed by atoms with Gasteiger partial charge in [0.15, 0.2) is 0 Å². The molecule has 0 aliphatic rings. The number of ether oxygens (including phenoxy) is 2. The van der Waals surface area contributed by atoms with E-state index < -0.39 is 13.9 Å². The number of hydrogen-bond donors (Lipinski definition) is 2. The average Bonchev–Trinajstić information content (AvgIpc) is 3.07. The number of carbonyl (C=O) groups excluding carboxylic acids is 1. The van der Waals surface area contributed by atoms with Crippen LogP contribution in [0.15, 0.2) is 72.9 Å². The van der Waals surface area contributed by atoms with Crippen molar-refractivity contribution in [3.63, 3.8) is 0 Å². The number of phosphoric acid groups is 1. The fraction of sp³-hybridized carbons (Fsp3) is 0.667. The van der Waals surface area contributed by atoms with Crippen LogP contribution in [-0.2, 0) is 27.9 Å². The highest BCUT2D eigenvalue weighted by Crippen LogP contribution is 2.43. The number of nitrogens with two attached hydrogens (primary N) is 1. The zero-order chi connectivity index (χ0) is 35.2. The van der Waals surface area contributed by atoms with Crippen molar-refractivity contribution in [1.29, 1.82) is 0 Å². The quantitative estimate of drug-likeness (QED) is 0.0296. The molecular formula is C39H68NO7P. The molecule has 0 rings (SSSR count). The second-order valence-corrected chi connectivity index (χ2v) is 13.2. The van der Waals surface area contributed by atoms with Crippen molar-refractivity contribution in [3.05, 3.63) is 72.9 Å². The fourth-order valence-corrected chi connectivity index (χ4v) is 5.20. The summed E-state index contributed by atoms with van der Waals surface area (Å²) in [5.74, 6) is -0.361. The van der Waals surface area contributed by atoms with Crippen molar-refractivity contribution in [2.24, 2.45) is 5.73 Å². The van der Waals surface area contributed by atoms with Gasteiger partial charge in [-0.25, -0.2) is 4.57 Å². The zero-order valence-electron chi connectivity index (χ0n) is 30.2. The third-order valence-corrected chi connectivity index (χ3v) is 8.07. The van der Waals surface area contributed by atoms with Crippen LogP contribution in [0, 0.1) is 0 Å². The van der Waals surface area contributed by atoms with E-state index in [0.717, 1.165) is 103 Å². The van der Waals surface area contributed by atoms with E-state index in [1.807, 2.05) is 0 Å². The van der Waals surface area contributed by atoms with E-state index >= 15 is 0 Å². The van der Waals surface area contributed by atoms with Gasteiger partial charge in [0.05, 0.1) is 19.8 Å². The predicted molar refractivity (Wildman–Crippen MR) is 201 cm³/mol. The molecule has 0 radical (unpaired) electrons. The number of carbonyl (C=O) groups is 1. The van der Waals surface area contributed by atoms with Crippen molar-refractivity contribution in [2.45, 2.75) is 136 Å². The van der Waals surface area contributed by atoms with Gasteiger partial charge in [-0.15, -0.1) is 0 Å². The van der Waals surface area contributed by atoms with Crippen LogP contribution >= 0.6 is 7.82 Å². The molecule has 0 saturated heterocycles. The van der Waals surface area contributed by atoms with Crippen LogP contribution in [0.5, 0.6) is 0 Å². The van der Waals surface area contributed by atoms with E-state index in [2.05, 4.69) is 86.8 Å². The topological polar surface area (TPSA) is 117 Å². The molecule has 0 aromatic carbocycles. The Hall–Kier alpha value is -2.06. The van der Waals surface area contributed by atoms with Gasteiger partial charge in [0.25, 0.3) is 0 Å². The van der Waals surface area contributed by atoms with Crippen LogP contribution in [0.3, 0.4) is 0 Å². The Morgan fingerprint density at radius 1 is 0.646 bits per heavy atom. The lowest BCUT2D eigenvalue weighted by Crippen LogP contribution is -2.28. The van der Waals surface area contributed by atoms with Crippen LogP contribution in [0.2, 0.25) is 0 Å². The molecule has 0 amide bonds. The number of phosphoric ester groups is 1. The lowest BCUT2D eigenvalue weighted by Gasteiger charge is -2.20. The van der Waals surface area contributed by atoms with Crippen LogP contribution in [0.25, 0.3) is 0 Å². The summed E-state index contributed by atoms with van der Waals surface area (Å²) in [4.78, 5) is 22.3. The third kappa shape index (κ3) is 35.3. The maximum atomic E-state index is 12.5. The maximum absolute atomic E-state index is 12.5. The Morgan fingerprint density at radius 2 is 1.17 bits per heavy atom. The van der Waals surface area contributed by atoms with Gasteiger partial charge in [-0.3, -0.25) is 13.8 Å². The Kier molecular flexibility index (Phi) is 34.7. The number of allylic oxidation sites excluding steroid dienone is 12. The summed E-state index contributed by atoms with van der Waals surface area (Å²) in [7, 11) is -4.29. The maximum Gasteiger partial charge on any atom is 0.472 e. The molecule has 0 fully saturated rings. The monoisotopic (exact) mass is 693 g/mol. The highest BCUT2D eigenvalue weighted by atomic mass is 31.2. The van der Waals surface area contributed by atoms with Crippen LogP contribution in [0.1, 0.15) is 129 Å². The minimum Gasteiger partial charge on any atom is -0.457 e. The zero-order valence-corrected chi connectivity index (χ0v) is 31.1. The smallest absolute Gasteiger partial charge is 0.457 e. The molecule has 0 saturated carbocycles. The summed E-state index contributed by atoms with van der Waals surface area (Å²) >= 11 is 0. The molecule has 0 aromatic heterocycles. The van der Waals surface area contributed by atoms with Crippen molar-refractivity contribution in [1.82, 2.24) is 0 Å². The van der Waals surface area contributed by atoms with Crippen LogP contribution in [0.4, 0.5) is 0 Å². The van der Waals surface area contributed by atoms with Gasteiger partial charge in [-0.1, -0.05) is 119 Å². The molecule has 2 unspecified atom stereocenters. The predicted octanol–water partition coefficient (Wildman–Crippen LogP) is 10.4. The summed E-state index contributed by atoms with van der Waals surface area (Å²) in [6.07, 6.45) is 43.4. The highest BCUT2D eigenvalue weighted by Gasteiger charge is 2.25. The van der Waals surface area contributed by atoms with Crippen LogP contribution in [-0.4, -0.2) is 49.9 Å². The van der Waals surface area contributed by atoms with E-state index in [4.69, 9.17) is 24.3 Å². The number of esters is 1. The standard InChI is InChI=1S/C39H68NO7P/c1-3-5-7-9-11-13-15-17-18-19-21-23-25-27-29-31-34-44-36-38(37-46-48(42,43)45-35-33-40)47-39(41)32-30-28-26-24-22-20-16-14-12-10-8-6-4-2/h5,7-8,10-11,13-14,16-18,21,23,38H,3-4,6,9,12,15,19-20,22,24-37,40H2,1-2H3,(H,42,43)/b7-5-,10-8-,13-11-,16-14-,18-17-,23-21-. The molecule has 276 valence electrons. The van der Waals surface area contributed by atoms with Gasteiger partial charge in [0.2, 0.25) is 0 Å². The SMILES string of the molecule is CC/C=C\C/C=C\C/C=C\C/C=C\CCCCCOCC(COP(=O)(O)OCCN)OC(=O)CCCCCCC/C=C\C/C=C\CCC. The van der Waals surface area contributed by atoms with E-state index in [9.17, 15) is 14.3 Å². The summed E-state index contributed by atoms with van der Waals surface area (Å²) in [6, 6.07) is 0. The van der Waals surface area contributed by atoms with Gasteiger partial charge < -0.3 is 20.1 Å². The van der Waals surface area contributed by atoms with Gasteiger partial charge in [-0.2, -0.15) is 0 Å². The van der Waals surface area contributed by atoms with Gasteiger partial charge >= 0.3 is 13.8 Å². The molecule has 8 nitrogen and oxygen atoms in total. The normalized spacial score (nSPS) is 14.5. The molecular weight excluding hydrogens is 625 g/mol. The highest BCUT2D eigenvalue weighted by molar-refractivity contribution is 7.47. The van der Waals surface area contributed by atoms with E-state index in [0.29, 0.717) is 6.61 Å². The molecule has 0 bridgehead atoms. The van der Waals surface area contributed by atoms with E-state index in [1.165, 1.54) is 6.42 Å². The molecule has 0 aliphatic carbocycles. The second kappa shape index (κ2) is 36.2. The van der Waals surface area contributed by atoms with Gasteiger partial charge in [0, 0.05) is 19.6 Å². The molecule has 0 aromatic rings. The Labute approximate surface area is 293 Å². The van der Waals surface area contributed by atoms with Crippen molar-refractivity contribution < 1.29 is 32.8 Å². The minimum atomic E-state index is -4.29. The Bertz CT molecular complexity index is 958. The first-order chi connectivity index (χ1) is 23.4. The van der Waals surface area contributed by atoms with Crippen molar-refractivity contribution in [2.75, 3.05) is 33.0 Å². The van der Waals surface area contributed by atoms with Gasteiger partial charge in [-0.05, 0) is 77.0 Å². The Balaban J connectivity index is 4.21. The largest absolute Gasteiger partial charge is 0.472 e. The Morgan fingerprint density at radius 3 is 1.75 bits per heavy atom. The molecule has 3 N–H and O–H groups in total. The molecule has 2 atom stereocenters. The van der Waals surface area contributed by atoms with Crippen molar-refractivity contribution >= 4 is 13.8 Å². The lowest BCUT2D eigenvalue weighted by atomic mass is 10.1. The third-order valence-electron chi connectivity index (χ3n) is 7.09. The summed E-state index contributed by atoms with van der Waals surface area (Å²) in [6.45, 7) is 4.60. The first-order valence-corrected chi connectivity index (χ1v) is 19.9. The number of unbranched alkanes of at least 4 members (excludes halogenated alkanes) is 9. The molecule has 48 heavy (non-hydrogen) atoms. The average molecular weight is 694 g/mol. The van der Waals surface area contributed by atoms with E-state index in [1.54, 1.807) is 0 Å². The second-order valence-electron chi connectivity index (χ2n) is 11.7. The summed E-state index contributed by atoms with van der Waals surface area (Å²) in [5, 5.41) is 0.